The Hall–Kier alpha value is -2.08. The number of carbonyl (C=O) groups is 2. The zero-order valence-corrected chi connectivity index (χ0v) is 11.7. The van der Waals surface area contributed by atoms with Gasteiger partial charge in [0.25, 0.3) is 0 Å². The standard InChI is InChI=1S/C15H19NO5/c17-14(9-13-5-1-2-7-20-13)16-11-4-3-6-12(8-11)21-10-15(18)19/h3-4,6,8,13H,1-2,5,7,9-10H2,(H,16,17)(H,18,19). The van der Waals surface area contributed by atoms with Crippen LogP contribution in [0.15, 0.2) is 24.3 Å². The maximum Gasteiger partial charge on any atom is 0.341 e. The maximum atomic E-state index is 11.9. The minimum absolute atomic E-state index is 0.00908. The molecule has 0 saturated carbocycles. The lowest BCUT2D eigenvalue weighted by Crippen LogP contribution is -2.25. The summed E-state index contributed by atoms with van der Waals surface area (Å²) < 4.78 is 10.6. The Morgan fingerprint density at radius 2 is 2.24 bits per heavy atom. The molecule has 21 heavy (non-hydrogen) atoms. The molecule has 1 aromatic carbocycles. The van der Waals surface area contributed by atoms with E-state index in [1.54, 1.807) is 24.3 Å². The van der Waals surface area contributed by atoms with E-state index in [0.717, 1.165) is 25.9 Å². The Balaban J connectivity index is 1.85. The SMILES string of the molecule is O=C(O)COc1cccc(NC(=O)CC2CCCCO2)c1. The molecule has 1 aliphatic heterocycles. The van der Waals surface area contributed by atoms with Gasteiger partial charge in [0.15, 0.2) is 6.61 Å². The van der Waals surface area contributed by atoms with Crippen LogP contribution in [0.25, 0.3) is 0 Å². The highest BCUT2D eigenvalue weighted by Gasteiger charge is 2.17. The summed E-state index contributed by atoms with van der Waals surface area (Å²) in [7, 11) is 0. The molecular formula is C15H19NO5. The first-order chi connectivity index (χ1) is 10.1. The van der Waals surface area contributed by atoms with E-state index >= 15 is 0 Å². The Bertz CT molecular complexity index is 497. The normalized spacial score (nSPS) is 18.0. The molecule has 1 aliphatic rings. The quantitative estimate of drug-likeness (QED) is 0.838. The van der Waals surface area contributed by atoms with E-state index in [9.17, 15) is 9.59 Å². The number of ether oxygens (including phenoxy) is 2. The molecule has 2 rings (SSSR count). The van der Waals surface area contributed by atoms with Crippen LogP contribution in [0.1, 0.15) is 25.7 Å². The van der Waals surface area contributed by atoms with E-state index in [-0.39, 0.29) is 12.0 Å². The molecule has 6 nitrogen and oxygen atoms in total. The van der Waals surface area contributed by atoms with Crippen LogP contribution in [-0.4, -0.2) is 36.3 Å². The summed E-state index contributed by atoms with van der Waals surface area (Å²) in [4.78, 5) is 22.4. The van der Waals surface area contributed by atoms with Crippen molar-refractivity contribution in [2.45, 2.75) is 31.8 Å². The van der Waals surface area contributed by atoms with Crippen molar-refractivity contribution in [3.8, 4) is 5.75 Å². The molecule has 0 radical (unpaired) electrons. The summed E-state index contributed by atoms with van der Waals surface area (Å²) in [5.41, 5.74) is 0.582. The van der Waals surface area contributed by atoms with Crippen LogP contribution in [-0.2, 0) is 14.3 Å². The fraction of sp³-hybridized carbons (Fsp3) is 0.467. The van der Waals surface area contributed by atoms with Gasteiger partial charge in [-0.2, -0.15) is 0 Å². The number of rotatable bonds is 6. The van der Waals surface area contributed by atoms with Crippen LogP contribution in [0.5, 0.6) is 5.75 Å². The molecule has 0 aliphatic carbocycles. The fourth-order valence-electron chi connectivity index (χ4n) is 2.20. The van der Waals surface area contributed by atoms with Gasteiger partial charge in [0, 0.05) is 18.4 Å². The Morgan fingerprint density at radius 3 is 2.95 bits per heavy atom. The molecule has 114 valence electrons. The first kappa shape index (κ1) is 15.3. The molecule has 1 heterocycles. The van der Waals surface area contributed by atoms with Gasteiger partial charge in [0.2, 0.25) is 5.91 Å². The number of nitrogens with one attached hydrogen (secondary N) is 1. The van der Waals surface area contributed by atoms with Crippen LogP contribution in [0, 0.1) is 0 Å². The molecule has 0 aromatic heterocycles. The van der Waals surface area contributed by atoms with Crippen LogP contribution >= 0.6 is 0 Å². The topological polar surface area (TPSA) is 84.9 Å². The van der Waals surface area contributed by atoms with E-state index in [4.69, 9.17) is 14.6 Å². The Labute approximate surface area is 123 Å². The first-order valence-corrected chi connectivity index (χ1v) is 6.99. The third-order valence-electron chi connectivity index (χ3n) is 3.17. The molecular weight excluding hydrogens is 274 g/mol. The van der Waals surface area contributed by atoms with E-state index in [1.165, 1.54) is 0 Å². The van der Waals surface area contributed by atoms with Gasteiger partial charge in [-0.15, -0.1) is 0 Å². The van der Waals surface area contributed by atoms with Crippen molar-refractivity contribution in [3.05, 3.63) is 24.3 Å². The van der Waals surface area contributed by atoms with Crippen LogP contribution in [0.3, 0.4) is 0 Å². The summed E-state index contributed by atoms with van der Waals surface area (Å²) in [5, 5.41) is 11.3. The average Bonchev–Trinajstić information content (AvgIpc) is 2.46. The number of carbonyl (C=O) groups excluding carboxylic acids is 1. The van der Waals surface area contributed by atoms with Gasteiger partial charge < -0.3 is 19.9 Å². The smallest absolute Gasteiger partial charge is 0.341 e. The third-order valence-corrected chi connectivity index (χ3v) is 3.17. The summed E-state index contributed by atoms with van der Waals surface area (Å²) in [5.74, 6) is -0.750. The number of amides is 1. The fourth-order valence-corrected chi connectivity index (χ4v) is 2.20. The van der Waals surface area contributed by atoms with E-state index in [2.05, 4.69) is 5.32 Å². The van der Waals surface area contributed by atoms with E-state index < -0.39 is 12.6 Å². The first-order valence-electron chi connectivity index (χ1n) is 6.99. The molecule has 6 heteroatoms. The molecule has 1 amide bonds. The number of hydrogen-bond donors (Lipinski definition) is 2. The van der Waals surface area contributed by atoms with Crippen molar-refractivity contribution in [1.29, 1.82) is 0 Å². The zero-order valence-electron chi connectivity index (χ0n) is 11.7. The number of hydrogen-bond acceptors (Lipinski definition) is 4. The molecule has 1 atom stereocenters. The lowest BCUT2D eigenvalue weighted by molar-refractivity contribution is -0.139. The van der Waals surface area contributed by atoms with Crippen molar-refractivity contribution in [1.82, 2.24) is 0 Å². The van der Waals surface area contributed by atoms with E-state index in [1.807, 2.05) is 0 Å². The van der Waals surface area contributed by atoms with Gasteiger partial charge in [-0.25, -0.2) is 4.79 Å². The highest BCUT2D eigenvalue weighted by atomic mass is 16.5. The lowest BCUT2D eigenvalue weighted by Gasteiger charge is -2.21. The number of carboxylic acid groups (broad SMARTS) is 1. The van der Waals surface area contributed by atoms with Crippen molar-refractivity contribution < 1.29 is 24.2 Å². The number of aliphatic carboxylic acids is 1. The van der Waals surface area contributed by atoms with Gasteiger partial charge in [-0.3, -0.25) is 4.79 Å². The predicted molar refractivity (Wildman–Crippen MR) is 76.4 cm³/mol. The third kappa shape index (κ3) is 5.43. The maximum absolute atomic E-state index is 11.9. The monoisotopic (exact) mass is 293 g/mol. The van der Waals surface area contributed by atoms with Gasteiger partial charge in [-0.05, 0) is 31.4 Å². The summed E-state index contributed by atoms with van der Waals surface area (Å²) in [6.45, 7) is 0.309. The Kier molecular flexibility index (Phi) is 5.57. The second-order valence-electron chi connectivity index (χ2n) is 4.95. The number of benzene rings is 1. The molecule has 1 unspecified atom stereocenters. The predicted octanol–water partition coefficient (Wildman–Crippen LogP) is 2.05. The van der Waals surface area contributed by atoms with Gasteiger partial charge in [-0.1, -0.05) is 6.07 Å². The van der Waals surface area contributed by atoms with Crippen LogP contribution in [0.2, 0.25) is 0 Å². The zero-order chi connectivity index (χ0) is 15.1. The van der Waals surface area contributed by atoms with Crippen molar-refractivity contribution in [2.75, 3.05) is 18.5 Å². The molecule has 1 fully saturated rings. The molecule has 0 bridgehead atoms. The van der Waals surface area contributed by atoms with Gasteiger partial charge >= 0.3 is 5.97 Å². The van der Waals surface area contributed by atoms with Crippen LogP contribution in [0.4, 0.5) is 5.69 Å². The van der Waals surface area contributed by atoms with E-state index in [0.29, 0.717) is 17.9 Å². The number of anilines is 1. The van der Waals surface area contributed by atoms with Gasteiger partial charge in [0.05, 0.1) is 12.5 Å². The second kappa shape index (κ2) is 7.64. The summed E-state index contributed by atoms with van der Waals surface area (Å²) >= 11 is 0. The van der Waals surface area contributed by atoms with Crippen molar-refractivity contribution in [3.63, 3.8) is 0 Å². The second-order valence-corrected chi connectivity index (χ2v) is 4.95. The largest absolute Gasteiger partial charge is 0.482 e. The minimum Gasteiger partial charge on any atom is -0.482 e. The minimum atomic E-state index is -1.04. The molecule has 1 saturated heterocycles. The van der Waals surface area contributed by atoms with Crippen LogP contribution < -0.4 is 10.1 Å². The summed E-state index contributed by atoms with van der Waals surface area (Å²) in [6, 6.07) is 6.67. The van der Waals surface area contributed by atoms with Gasteiger partial charge in [0.1, 0.15) is 5.75 Å². The molecule has 0 spiro atoms. The van der Waals surface area contributed by atoms with Crippen molar-refractivity contribution >= 4 is 17.6 Å². The Morgan fingerprint density at radius 1 is 1.38 bits per heavy atom. The number of carboxylic acids is 1. The lowest BCUT2D eigenvalue weighted by atomic mass is 10.1. The highest BCUT2D eigenvalue weighted by Crippen LogP contribution is 2.19. The van der Waals surface area contributed by atoms with Crippen molar-refractivity contribution in [2.24, 2.45) is 0 Å². The summed E-state index contributed by atoms with van der Waals surface area (Å²) in [6.07, 6.45) is 3.39. The molecule has 1 aromatic rings. The molecule has 2 N–H and O–H groups in total. The average molecular weight is 293 g/mol. The highest BCUT2D eigenvalue weighted by molar-refractivity contribution is 5.91.